The van der Waals surface area contributed by atoms with Crippen LogP contribution in [0.5, 0.6) is 17.2 Å². The van der Waals surface area contributed by atoms with E-state index in [2.05, 4.69) is 80.7 Å². The molecule has 2 nitrogen and oxygen atoms in total. The van der Waals surface area contributed by atoms with Crippen LogP contribution in [-0.2, 0) is 0 Å². The van der Waals surface area contributed by atoms with Crippen LogP contribution in [0.3, 0.4) is 0 Å². The molecule has 30 heavy (non-hydrogen) atoms. The predicted molar refractivity (Wildman–Crippen MR) is 126 cm³/mol. The van der Waals surface area contributed by atoms with Gasteiger partial charge in [0, 0.05) is 0 Å². The minimum atomic E-state index is 0.820. The molecule has 4 aromatic rings. The van der Waals surface area contributed by atoms with Crippen LogP contribution in [0.1, 0.15) is 5.56 Å². The summed E-state index contributed by atoms with van der Waals surface area (Å²) >= 11 is 0. The van der Waals surface area contributed by atoms with Crippen molar-refractivity contribution in [1.29, 1.82) is 0 Å². The van der Waals surface area contributed by atoms with Gasteiger partial charge in [-0.1, -0.05) is 66.2 Å². The average Bonchev–Trinajstić information content (AvgIpc) is 2.82. The summed E-state index contributed by atoms with van der Waals surface area (Å²) in [6.45, 7) is 8.10. The normalized spacial score (nSPS) is 9.93. The summed E-state index contributed by atoms with van der Waals surface area (Å²) in [7, 11) is 1.68. The maximum absolute atomic E-state index is 6.00. The molecular formula is C28H26O2. The Kier molecular flexibility index (Phi) is 7.07. The molecule has 0 aliphatic heterocycles. The highest BCUT2D eigenvalue weighted by Gasteiger charge is 2.02. The molecule has 0 spiro atoms. The molecule has 0 saturated carbocycles. The van der Waals surface area contributed by atoms with Crippen LogP contribution in [0.15, 0.2) is 110 Å². The maximum Gasteiger partial charge on any atom is 0.127 e. The van der Waals surface area contributed by atoms with E-state index in [0.717, 1.165) is 28.4 Å². The van der Waals surface area contributed by atoms with E-state index in [9.17, 15) is 0 Å². The topological polar surface area (TPSA) is 18.5 Å². The van der Waals surface area contributed by atoms with Crippen molar-refractivity contribution >= 4 is 0 Å². The highest BCUT2D eigenvalue weighted by Crippen LogP contribution is 2.28. The number of rotatable bonds is 5. The Morgan fingerprint density at radius 3 is 1.10 bits per heavy atom. The second-order valence-electron chi connectivity index (χ2n) is 6.75. The number of hydrogen-bond donors (Lipinski definition) is 0. The van der Waals surface area contributed by atoms with E-state index < -0.39 is 0 Å². The SMILES string of the molecule is C=C.COc1ccc(-c2ccc(Oc3ccc(-c4ccc(C)cc4)cc3)cc2)cc1. The van der Waals surface area contributed by atoms with Crippen molar-refractivity contribution in [2.24, 2.45) is 0 Å². The zero-order valence-corrected chi connectivity index (χ0v) is 17.5. The first kappa shape index (κ1) is 20.9. The summed E-state index contributed by atoms with van der Waals surface area (Å²) in [4.78, 5) is 0. The van der Waals surface area contributed by atoms with Crippen LogP contribution in [-0.4, -0.2) is 7.11 Å². The van der Waals surface area contributed by atoms with E-state index in [0.29, 0.717) is 0 Å². The van der Waals surface area contributed by atoms with Crippen molar-refractivity contribution < 1.29 is 9.47 Å². The van der Waals surface area contributed by atoms with Crippen LogP contribution in [0.25, 0.3) is 22.3 Å². The van der Waals surface area contributed by atoms with Gasteiger partial charge in [0.2, 0.25) is 0 Å². The Hall–Kier alpha value is -3.78. The first-order valence-electron chi connectivity index (χ1n) is 9.81. The molecule has 0 aliphatic rings. The highest BCUT2D eigenvalue weighted by atomic mass is 16.5. The Balaban J connectivity index is 0.00000124. The fourth-order valence-electron chi connectivity index (χ4n) is 3.10. The second-order valence-corrected chi connectivity index (χ2v) is 6.75. The standard InChI is InChI=1S/C26H22O2.C2H4/c1-19-3-5-20(6-4-19)22-9-15-25(16-10-22)28-26-17-11-23(12-18-26)21-7-13-24(27-2)14-8-21;1-2/h3-18H,1-2H3;1-2H2. The summed E-state index contributed by atoms with van der Waals surface area (Å²) in [6.07, 6.45) is 0. The molecule has 0 heterocycles. The first-order chi connectivity index (χ1) is 14.7. The van der Waals surface area contributed by atoms with Crippen molar-refractivity contribution in [1.82, 2.24) is 0 Å². The lowest BCUT2D eigenvalue weighted by atomic mass is 10.0. The molecule has 0 amide bonds. The van der Waals surface area contributed by atoms with Gasteiger partial charge in [-0.25, -0.2) is 0 Å². The van der Waals surface area contributed by atoms with Gasteiger partial charge in [-0.05, 0) is 65.6 Å². The van der Waals surface area contributed by atoms with Crippen molar-refractivity contribution in [2.75, 3.05) is 7.11 Å². The number of benzene rings is 4. The Morgan fingerprint density at radius 1 is 0.467 bits per heavy atom. The number of ether oxygens (including phenoxy) is 2. The average molecular weight is 395 g/mol. The second kappa shape index (κ2) is 10.1. The van der Waals surface area contributed by atoms with Crippen molar-refractivity contribution in [3.05, 3.63) is 116 Å². The molecule has 0 bridgehead atoms. The van der Waals surface area contributed by atoms with Crippen LogP contribution < -0.4 is 9.47 Å². The first-order valence-corrected chi connectivity index (χ1v) is 9.81. The summed E-state index contributed by atoms with van der Waals surface area (Å²) in [5.74, 6) is 2.51. The third kappa shape index (κ3) is 5.18. The minimum absolute atomic E-state index is 0.820. The van der Waals surface area contributed by atoms with Gasteiger partial charge >= 0.3 is 0 Å². The summed E-state index contributed by atoms with van der Waals surface area (Å²) in [5, 5.41) is 0. The van der Waals surface area contributed by atoms with E-state index in [4.69, 9.17) is 9.47 Å². The minimum Gasteiger partial charge on any atom is -0.497 e. The van der Waals surface area contributed by atoms with Crippen molar-refractivity contribution in [2.45, 2.75) is 6.92 Å². The molecular weight excluding hydrogens is 368 g/mol. The quantitative estimate of drug-likeness (QED) is 0.320. The number of methoxy groups -OCH3 is 1. The molecule has 150 valence electrons. The molecule has 0 saturated heterocycles. The van der Waals surface area contributed by atoms with Gasteiger partial charge in [-0.2, -0.15) is 0 Å². The summed E-state index contributed by atoms with van der Waals surface area (Å²) in [6, 6.07) is 32.9. The lowest BCUT2D eigenvalue weighted by Crippen LogP contribution is -1.86. The molecule has 0 aliphatic carbocycles. The Bertz CT molecular complexity index is 1050. The van der Waals surface area contributed by atoms with Gasteiger partial charge in [0.05, 0.1) is 7.11 Å². The van der Waals surface area contributed by atoms with Gasteiger partial charge in [0.15, 0.2) is 0 Å². The monoisotopic (exact) mass is 394 g/mol. The van der Waals surface area contributed by atoms with Crippen molar-refractivity contribution in [3.63, 3.8) is 0 Å². The van der Waals surface area contributed by atoms with E-state index in [-0.39, 0.29) is 0 Å². The van der Waals surface area contributed by atoms with Crippen LogP contribution in [0.2, 0.25) is 0 Å². The number of aryl methyl sites for hydroxylation is 1. The molecule has 0 atom stereocenters. The highest BCUT2D eigenvalue weighted by molar-refractivity contribution is 5.66. The molecule has 4 aromatic carbocycles. The smallest absolute Gasteiger partial charge is 0.127 e. The molecule has 0 aromatic heterocycles. The third-order valence-electron chi connectivity index (χ3n) is 4.75. The molecule has 0 radical (unpaired) electrons. The van der Waals surface area contributed by atoms with Crippen LogP contribution in [0.4, 0.5) is 0 Å². The largest absolute Gasteiger partial charge is 0.497 e. The fraction of sp³-hybridized carbons (Fsp3) is 0.0714. The van der Waals surface area contributed by atoms with Crippen molar-refractivity contribution in [3.8, 4) is 39.5 Å². The summed E-state index contributed by atoms with van der Waals surface area (Å²) in [5.41, 5.74) is 5.95. The zero-order chi connectivity index (χ0) is 21.3. The Labute approximate surface area is 179 Å². The van der Waals surface area contributed by atoms with E-state index in [1.807, 2.05) is 36.4 Å². The van der Waals surface area contributed by atoms with Gasteiger partial charge in [0.1, 0.15) is 17.2 Å². The maximum atomic E-state index is 6.00. The zero-order valence-electron chi connectivity index (χ0n) is 17.5. The van der Waals surface area contributed by atoms with E-state index in [1.54, 1.807) is 7.11 Å². The molecule has 0 fully saturated rings. The lowest BCUT2D eigenvalue weighted by Gasteiger charge is -2.09. The van der Waals surface area contributed by atoms with Gasteiger partial charge in [-0.3, -0.25) is 0 Å². The predicted octanol–water partition coefficient (Wildman–Crippen LogP) is 7.93. The Morgan fingerprint density at radius 2 is 0.767 bits per heavy atom. The fourth-order valence-corrected chi connectivity index (χ4v) is 3.10. The van der Waals surface area contributed by atoms with Crippen LogP contribution in [0, 0.1) is 6.92 Å². The van der Waals surface area contributed by atoms with E-state index >= 15 is 0 Å². The molecule has 0 unspecified atom stereocenters. The molecule has 4 rings (SSSR count). The molecule has 2 heteroatoms. The summed E-state index contributed by atoms with van der Waals surface area (Å²) < 4.78 is 11.2. The lowest BCUT2D eigenvalue weighted by molar-refractivity contribution is 0.415. The van der Waals surface area contributed by atoms with Gasteiger partial charge in [-0.15, -0.1) is 13.2 Å². The van der Waals surface area contributed by atoms with Gasteiger partial charge < -0.3 is 9.47 Å². The van der Waals surface area contributed by atoms with Gasteiger partial charge in [0.25, 0.3) is 0 Å². The molecule has 0 N–H and O–H groups in total. The van der Waals surface area contributed by atoms with Crippen LogP contribution >= 0.6 is 0 Å². The van der Waals surface area contributed by atoms with E-state index in [1.165, 1.54) is 16.7 Å². The number of hydrogen-bond acceptors (Lipinski definition) is 2. The third-order valence-corrected chi connectivity index (χ3v) is 4.75.